The van der Waals surface area contributed by atoms with Gasteiger partial charge in [0.1, 0.15) is 11.5 Å². The van der Waals surface area contributed by atoms with Crippen LogP contribution in [0.1, 0.15) is 34.5 Å². The summed E-state index contributed by atoms with van der Waals surface area (Å²) < 4.78 is 11.2. The SMILES string of the molecule is COC(=O)C1=C(C)NC2=C(C(=O)c3ccccc32)[C@@H]1c1ccc(-c2cc(Cl)ccc2Cl)o1. The molecule has 1 aliphatic carbocycles. The van der Waals surface area contributed by atoms with Gasteiger partial charge in [-0.05, 0) is 37.3 Å². The van der Waals surface area contributed by atoms with Crippen molar-refractivity contribution in [2.75, 3.05) is 7.11 Å². The van der Waals surface area contributed by atoms with Gasteiger partial charge in [0.05, 0.1) is 29.3 Å². The Morgan fingerprint density at radius 1 is 1.03 bits per heavy atom. The van der Waals surface area contributed by atoms with Gasteiger partial charge in [0, 0.05) is 33.0 Å². The first-order chi connectivity index (χ1) is 15.4. The number of Topliss-reactive ketones (excluding diaryl/α,β-unsaturated/α-hetero) is 1. The number of hydrogen-bond acceptors (Lipinski definition) is 5. The molecule has 2 aromatic carbocycles. The van der Waals surface area contributed by atoms with Crippen LogP contribution in [0, 0.1) is 0 Å². The van der Waals surface area contributed by atoms with Crippen LogP contribution in [0.5, 0.6) is 0 Å². The van der Waals surface area contributed by atoms with Crippen LogP contribution in [-0.4, -0.2) is 18.9 Å². The Hall–Kier alpha value is -3.28. The summed E-state index contributed by atoms with van der Waals surface area (Å²) in [5.41, 5.74) is 4.06. The second-order valence-electron chi connectivity index (χ2n) is 7.58. The molecule has 1 N–H and O–H groups in total. The molecule has 0 spiro atoms. The van der Waals surface area contributed by atoms with E-state index >= 15 is 0 Å². The fourth-order valence-corrected chi connectivity index (χ4v) is 4.72. The van der Waals surface area contributed by atoms with Crippen LogP contribution in [0.3, 0.4) is 0 Å². The number of ether oxygens (including phenoxy) is 1. The maximum Gasteiger partial charge on any atom is 0.336 e. The number of halogens is 2. The van der Waals surface area contributed by atoms with Crippen molar-refractivity contribution in [3.05, 3.63) is 98.4 Å². The van der Waals surface area contributed by atoms with E-state index in [1.54, 1.807) is 43.3 Å². The Morgan fingerprint density at radius 2 is 1.78 bits per heavy atom. The quantitative estimate of drug-likeness (QED) is 0.480. The summed E-state index contributed by atoms with van der Waals surface area (Å²) in [5, 5.41) is 4.23. The Morgan fingerprint density at radius 3 is 2.53 bits per heavy atom. The number of dihydropyridines is 1. The molecule has 160 valence electrons. The zero-order valence-electron chi connectivity index (χ0n) is 17.2. The Labute approximate surface area is 194 Å². The zero-order chi connectivity index (χ0) is 22.6. The van der Waals surface area contributed by atoms with Gasteiger partial charge in [-0.2, -0.15) is 0 Å². The number of carbonyl (C=O) groups excluding carboxylic acids is 2. The average molecular weight is 466 g/mol. The maximum absolute atomic E-state index is 13.4. The Kier molecular flexibility index (Phi) is 4.96. The van der Waals surface area contributed by atoms with Crippen LogP contribution in [-0.2, 0) is 9.53 Å². The molecular formula is C25H17Cl2NO4. The highest BCUT2D eigenvalue weighted by Gasteiger charge is 2.44. The third-order valence-corrected chi connectivity index (χ3v) is 6.32. The molecule has 7 heteroatoms. The predicted molar refractivity (Wildman–Crippen MR) is 122 cm³/mol. The molecule has 5 rings (SSSR count). The number of nitrogens with one attached hydrogen (secondary N) is 1. The number of allylic oxidation sites excluding steroid dienone is 2. The number of rotatable bonds is 3. The van der Waals surface area contributed by atoms with E-state index in [0.717, 1.165) is 5.56 Å². The zero-order valence-corrected chi connectivity index (χ0v) is 18.7. The van der Waals surface area contributed by atoms with Gasteiger partial charge in [-0.1, -0.05) is 47.5 Å². The molecular weight excluding hydrogens is 449 g/mol. The fraction of sp³-hybridized carbons (Fsp3) is 0.120. The number of furan rings is 1. The number of fused-ring (bicyclic) bond motifs is 2. The molecule has 1 atom stereocenters. The molecule has 0 fully saturated rings. The summed E-state index contributed by atoms with van der Waals surface area (Å²) in [5.74, 6) is -0.496. The summed E-state index contributed by atoms with van der Waals surface area (Å²) in [4.78, 5) is 26.2. The number of ketones is 1. The molecule has 0 radical (unpaired) electrons. The summed E-state index contributed by atoms with van der Waals surface area (Å²) in [7, 11) is 1.31. The molecule has 0 saturated heterocycles. The first kappa shape index (κ1) is 20.6. The van der Waals surface area contributed by atoms with Crippen LogP contribution in [0.15, 0.2) is 75.9 Å². The van der Waals surface area contributed by atoms with E-state index in [2.05, 4.69) is 5.32 Å². The standard InChI is InChI=1S/C25H17Cl2NO4/c1-12-20(25(30)31-2)21(22-23(28-12)14-5-3-4-6-15(14)24(22)29)19-10-9-18(32-19)16-11-13(26)7-8-17(16)27/h3-11,21,28H,1-2H3/t21-/m1/s1. The van der Waals surface area contributed by atoms with Crippen molar-refractivity contribution < 1.29 is 18.7 Å². The molecule has 0 unspecified atom stereocenters. The summed E-state index contributed by atoms with van der Waals surface area (Å²) in [6, 6.07) is 15.9. The largest absolute Gasteiger partial charge is 0.466 e. The molecule has 1 aromatic heterocycles. The molecule has 2 aliphatic rings. The number of methoxy groups -OCH3 is 1. The van der Waals surface area contributed by atoms with Gasteiger partial charge in [0.15, 0.2) is 5.78 Å². The minimum absolute atomic E-state index is 0.152. The lowest BCUT2D eigenvalue weighted by atomic mass is 9.83. The van der Waals surface area contributed by atoms with Gasteiger partial charge in [0.2, 0.25) is 0 Å². The van der Waals surface area contributed by atoms with Gasteiger partial charge >= 0.3 is 5.97 Å². The van der Waals surface area contributed by atoms with E-state index in [4.69, 9.17) is 32.4 Å². The van der Waals surface area contributed by atoms with Crippen molar-refractivity contribution in [2.24, 2.45) is 0 Å². The minimum Gasteiger partial charge on any atom is -0.466 e. The van der Waals surface area contributed by atoms with E-state index in [9.17, 15) is 9.59 Å². The average Bonchev–Trinajstić information content (AvgIpc) is 3.38. The van der Waals surface area contributed by atoms with Crippen LogP contribution in [0.2, 0.25) is 10.0 Å². The highest BCUT2D eigenvalue weighted by Crippen LogP contribution is 2.47. The number of benzene rings is 2. The molecule has 0 bridgehead atoms. The molecule has 1 aliphatic heterocycles. The van der Waals surface area contributed by atoms with Crippen molar-refractivity contribution in [1.82, 2.24) is 5.32 Å². The highest BCUT2D eigenvalue weighted by molar-refractivity contribution is 6.35. The minimum atomic E-state index is -0.731. The lowest BCUT2D eigenvalue weighted by Gasteiger charge is -2.27. The molecule has 0 amide bonds. The van der Waals surface area contributed by atoms with E-state index in [1.165, 1.54) is 7.11 Å². The second-order valence-corrected chi connectivity index (χ2v) is 8.42. The molecule has 0 saturated carbocycles. The number of carbonyl (C=O) groups is 2. The fourth-order valence-electron chi connectivity index (χ4n) is 4.33. The first-order valence-electron chi connectivity index (χ1n) is 9.90. The van der Waals surface area contributed by atoms with Crippen molar-refractivity contribution in [3.63, 3.8) is 0 Å². The van der Waals surface area contributed by atoms with Crippen LogP contribution < -0.4 is 5.32 Å². The Balaban J connectivity index is 1.69. The summed E-state index contributed by atoms with van der Waals surface area (Å²) >= 11 is 12.5. The molecule has 5 nitrogen and oxygen atoms in total. The topological polar surface area (TPSA) is 68.5 Å². The van der Waals surface area contributed by atoms with Gasteiger partial charge in [-0.3, -0.25) is 4.79 Å². The van der Waals surface area contributed by atoms with Gasteiger partial charge in [-0.15, -0.1) is 0 Å². The van der Waals surface area contributed by atoms with Crippen molar-refractivity contribution >= 4 is 40.7 Å². The van der Waals surface area contributed by atoms with Crippen molar-refractivity contribution in [2.45, 2.75) is 12.8 Å². The van der Waals surface area contributed by atoms with Crippen molar-refractivity contribution in [3.8, 4) is 11.3 Å². The highest BCUT2D eigenvalue weighted by atomic mass is 35.5. The third-order valence-electron chi connectivity index (χ3n) is 5.76. The second kappa shape index (κ2) is 7.69. The third kappa shape index (κ3) is 3.08. The van der Waals surface area contributed by atoms with E-state index in [0.29, 0.717) is 55.2 Å². The summed E-state index contributed by atoms with van der Waals surface area (Å²) in [6.07, 6.45) is 0. The monoisotopic (exact) mass is 465 g/mol. The van der Waals surface area contributed by atoms with E-state index < -0.39 is 11.9 Å². The number of esters is 1. The van der Waals surface area contributed by atoms with Gasteiger partial charge in [-0.25, -0.2) is 4.79 Å². The van der Waals surface area contributed by atoms with Crippen LogP contribution >= 0.6 is 23.2 Å². The molecule has 32 heavy (non-hydrogen) atoms. The van der Waals surface area contributed by atoms with Gasteiger partial charge < -0.3 is 14.5 Å². The lowest BCUT2D eigenvalue weighted by Crippen LogP contribution is -2.28. The summed E-state index contributed by atoms with van der Waals surface area (Å²) in [6.45, 7) is 1.78. The number of hydrogen-bond donors (Lipinski definition) is 1. The smallest absolute Gasteiger partial charge is 0.336 e. The Bertz CT molecular complexity index is 1370. The van der Waals surface area contributed by atoms with E-state index in [-0.39, 0.29) is 5.78 Å². The molecule has 3 aromatic rings. The van der Waals surface area contributed by atoms with Crippen LogP contribution in [0.25, 0.3) is 17.0 Å². The lowest BCUT2D eigenvalue weighted by molar-refractivity contribution is -0.136. The van der Waals surface area contributed by atoms with Gasteiger partial charge in [0.25, 0.3) is 0 Å². The predicted octanol–water partition coefficient (Wildman–Crippen LogP) is 5.99. The maximum atomic E-state index is 13.4. The van der Waals surface area contributed by atoms with E-state index in [1.807, 2.05) is 18.2 Å². The molecule has 2 heterocycles. The van der Waals surface area contributed by atoms with Crippen molar-refractivity contribution in [1.29, 1.82) is 0 Å². The first-order valence-corrected chi connectivity index (χ1v) is 10.7. The van der Waals surface area contributed by atoms with Crippen LogP contribution in [0.4, 0.5) is 0 Å². The normalized spacial score (nSPS) is 17.2.